The summed E-state index contributed by atoms with van der Waals surface area (Å²) < 4.78 is 9.90. The van der Waals surface area contributed by atoms with E-state index in [1.54, 1.807) is 0 Å². The fraction of sp³-hybridized carbons (Fsp3) is 1.00. The SMILES string of the molecule is CCC1(C)CO1.CCC1CO1. The first-order chi connectivity index (χ1) is 5.20. The molecule has 2 unspecified atom stereocenters. The van der Waals surface area contributed by atoms with Gasteiger partial charge in [-0.05, 0) is 19.8 Å². The van der Waals surface area contributed by atoms with Crippen molar-refractivity contribution in [2.45, 2.75) is 45.3 Å². The van der Waals surface area contributed by atoms with Crippen LogP contribution in [0.1, 0.15) is 33.6 Å². The Labute approximate surface area is 68.9 Å². The molecule has 0 aromatic heterocycles. The second kappa shape index (κ2) is 3.55. The summed E-state index contributed by atoms with van der Waals surface area (Å²) in [4.78, 5) is 0. The molecular formula is C9H18O2. The van der Waals surface area contributed by atoms with E-state index in [-0.39, 0.29) is 0 Å². The van der Waals surface area contributed by atoms with Gasteiger partial charge in [-0.15, -0.1) is 0 Å². The molecular weight excluding hydrogens is 140 g/mol. The third kappa shape index (κ3) is 3.73. The average molecular weight is 158 g/mol. The monoisotopic (exact) mass is 158 g/mol. The Hall–Kier alpha value is -0.0800. The summed E-state index contributed by atoms with van der Waals surface area (Å²) in [5.74, 6) is 0. The summed E-state index contributed by atoms with van der Waals surface area (Å²) in [6.45, 7) is 8.40. The largest absolute Gasteiger partial charge is 0.373 e. The van der Waals surface area contributed by atoms with E-state index >= 15 is 0 Å². The molecule has 2 atom stereocenters. The third-order valence-corrected chi connectivity index (χ3v) is 2.24. The number of hydrogen-bond donors (Lipinski definition) is 0. The van der Waals surface area contributed by atoms with Crippen LogP contribution in [0.5, 0.6) is 0 Å². The normalized spacial score (nSPS) is 39.0. The van der Waals surface area contributed by atoms with Crippen LogP contribution in [0.15, 0.2) is 0 Å². The van der Waals surface area contributed by atoms with E-state index < -0.39 is 0 Å². The van der Waals surface area contributed by atoms with E-state index in [1.807, 2.05) is 0 Å². The molecule has 0 saturated carbocycles. The van der Waals surface area contributed by atoms with Crippen molar-refractivity contribution < 1.29 is 9.47 Å². The molecule has 66 valence electrons. The zero-order chi connectivity index (χ0) is 8.32. The highest BCUT2D eigenvalue weighted by atomic mass is 16.6. The summed E-state index contributed by atoms with van der Waals surface area (Å²) in [7, 11) is 0. The second-order valence-electron chi connectivity index (χ2n) is 3.46. The Bertz CT molecular complexity index is 115. The maximum atomic E-state index is 5.05. The van der Waals surface area contributed by atoms with Crippen molar-refractivity contribution in [3.63, 3.8) is 0 Å². The quantitative estimate of drug-likeness (QED) is 0.574. The molecule has 0 aromatic carbocycles. The number of ether oxygens (including phenoxy) is 2. The van der Waals surface area contributed by atoms with Crippen molar-refractivity contribution in [1.82, 2.24) is 0 Å². The minimum Gasteiger partial charge on any atom is -0.373 e. The van der Waals surface area contributed by atoms with Gasteiger partial charge < -0.3 is 9.47 Å². The van der Waals surface area contributed by atoms with Gasteiger partial charge >= 0.3 is 0 Å². The second-order valence-corrected chi connectivity index (χ2v) is 3.46. The lowest BCUT2D eigenvalue weighted by molar-refractivity contribution is 0.317. The summed E-state index contributed by atoms with van der Waals surface area (Å²) in [6.07, 6.45) is 2.99. The van der Waals surface area contributed by atoms with Crippen molar-refractivity contribution in [2.75, 3.05) is 13.2 Å². The molecule has 11 heavy (non-hydrogen) atoms. The molecule has 2 aliphatic rings. The molecule has 0 N–H and O–H groups in total. The zero-order valence-electron chi connectivity index (χ0n) is 7.72. The van der Waals surface area contributed by atoms with Gasteiger partial charge in [0.15, 0.2) is 0 Å². The van der Waals surface area contributed by atoms with E-state index in [0.717, 1.165) is 19.6 Å². The lowest BCUT2D eigenvalue weighted by Crippen LogP contribution is -1.98. The topological polar surface area (TPSA) is 25.1 Å². The Morgan fingerprint density at radius 1 is 1.45 bits per heavy atom. The van der Waals surface area contributed by atoms with Crippen LogP contribution in [-0.2, 0) is 9.47 Å². The molecule has 2 aliphatic heterocycles. The van der Waals surface area contributed by atoms with Gasteiger partial charge in [-0.1, -0.05) is 13.8 Å². The maximum absolute atomic E-state index is 5.05. The van der Waals surface area contributed by atoms with Crippen LogP contribution in [0.4, 0.5) is 0 Å². The average Bonchev–Trinajstić information content (AvgIpc) is 2.83. The van der Waals surface area contributed by atoms with Gasteiger partial charge in [-0.2, -0.15) is 0 Å². The summed E-state index contributed by atoms with van der Waals surface area (Å²) >= 11 is 0. The highest BCUT2D eigenvalue weighted by Gasteiger charge is 2.36. The molecule has 2 nitrogen and oxygen atoms in total. The van der Waals surface area contributed by atoms with Crippen molar-refractivity contribution in [3.8, 4) is 0 Å². The number of rotatable bonds is 2. The van der Waals surface area contributed by atoms with Crippen LogP contribution >= 0.6 is 0 Å². The molecule has 0 amide bonds. The van der Waals surface area contributed by atoms with Crippen molar-refractivity contribution in [2.24, 2.45) is 0 Å². The van der Waals surface area contributed by atoms with Crippen molar-refractivity contribution >= 4 is 0 Å². The molecule has 2 heterocycles. The highest BCUT2D eigenvalue weighted by Crippen LogP contribution is 2.28. The number of epoxide rings is 2. The standard InChI is InChI=1S/C5H10O.C4H8O/c1-3-5(2)4-6-5;1-2-4-3-5-4/h3-4H2,1-2H3;4H,2-3H2,1H3. The van der Waals surface area contributed by atoms with E-state index in [0.29, 0.717) is 11.7 Å². The van der Waals surface area contributed by atoms with Crippen LogP contribution in [0.3, 0.4) is 0 Å². The van der Waals surface area contributed by atoms with E-state index in [1.165, 1.54) is 6.42 Å². The first-order valence-electron chi connectivity index (χ1n) is 4.45. The third-order valence-electron chi connectivity index (χ3n) is 2.24. The van der Waals surface area contributed by atoms with Gasteiger partial charge in [0.1, 0.15) is 0 Å². The summed E-state index contributed by atoms with van der Waals surface area (Å²) in [6, 6.07) is 0. The highest BCUT2D eigenvalue weighted by molar-refractivity contribution is 4.84. The lowest BCUT2D eigenvalue weighted by Gasteiger charge is -1.92. The molecule has 0 bridgehead atoms. The first-order valence-corrected chi connectivity index (χ1v) is 4.45. The first kappa shape index (κ1) is 9.01. The molecule has 0 aliphatic carbocycles. The van der Waals surface area contributed by atoms with E-state index in [4.69, 9.17) is 9.47 Å². The predicted molar refractivity (Wildman–Crippen MR) is 44.7 cm³/mol. The molecule has 0 aromatic rings. The Morgan fingerprint density at radius 3 is 2.00 bits per heavy atom. The Morgan fingerprint density at radius 2 is 2.00 bits per heavy atom. The van der Waals surface area contributed by atoms with Gasteiger partial charge in [-0.3, -0.25) is 0 Å². The van der Waals surface area contributed by atoms with Gasteiger partial charge in [-0.25, -0.2) is 0 Å². The van der Waals surface area contributed by atoms with Crippen LogP contribution in [0.25, 0.3) is 0 Å². The fourth-order valence-corrected chi connectivity index (χ4v) is 0.631. The van der Waals surface area contributed by atoms with Crippen LogP contribution < -0.4 is 0 Å². The van der Waals surface area contributed by atoms with Crippen molar-refractivity contribution in [1.29, 1.82) is 0 Å². The molecule has 2 heteroatoms. The molecule has 0 spiro atoms. The Kier molecular flexibility index (Phi) is 2.90. The lowest BCUT2D eigenvalue weighted by atomic mass is 10.1. The summed E-state index contributed by atoms with van der Waals surface area (Å²) in [5.41, 5.74) is 0.292. The maximum Gasteiger partial charge on any atom is 0.0886 e. The smallest absolute Gasteiger partial charge is 0.0886 e. The summed E-state index contributed by atoms with van der Waals surface area (Å²) in [5, 5.41) is 0. The van der Waals surface area contributed by atoms with Crippen molar-refractivity contribution in [3.05, 3.63) is 0 Å². The van der Waals surface area contributed by atoms with E-state index in [2.05, 4.69) is 20.8 Å². The zero-order valence-corrected chi connectivity index (χ0v) is 7.72. The van der Waals surface area contributed by atoms with E-state index in [9.17, 15) is 0 Å². The fourth-order valence-electron chi connectivity index (χ4n) is 0.631. The van der Waals surface area contributed by atoms with Gasteiger partial charge in [0.25, 0.3) is 0 Å². The molecule has 0 radical (unpaired) electrons. The van der Waals surface area contributed by atoms with Gasteiger partial charge in [0, 0.05) is 0 Å². The van der Waals surface area contributed by atoms with Gasteiger partial charge in [0.05, 0.1) is 24.9 Å². The van der Waals surface area contributed by atoms with Gasteiger partial charge in [0.2, 0.25) is 0 Å². The Balaban J connectivity index is 0.000000112. The number of hydrogen-bond acceptors (Lipinski definition) is 2. The minimum absolute atomic E-state index is 0.292. The molecule has 2 saturated heterocycles. The van der Waals surface area contributed by atoms with Crippen LogP contribution in [0.2, 0.25) is 0 Å². The van der Waals surface area contributed by atoms with Crippen LogP contribution in [-0.4, -0.2) is 24.9 Å². The molecule has 2 fully saturated rings. The predicted octanol–water partition coefficient (Wildman–Crippen LogP) is 1.98. The molecule has 2 rings (SSSR count). The minimum atomic E-state index is 0.292. The van der Waals surface area contributed by atoms with Crippen LogP contribution in [0, 0.1) is 0 Å².